The molecule has 0 radical (unpaired) electrons. The number of nitrogens with one attached hydrogen (secondary N) is 2. The van der Waals surface area contributed by atoms with Gasteiger partial charge in [0, 0.05) is 31.3 Å². The zero-order valence-corrected chi connectivity index (χ0v) is 17.1. The third-order valence-electron chi connectivity index (χ3n) is 5.87. The fraction of sp³-hybridized carbons (Fsp3) is 0.409. The van der Waals surface area contributed by atoms with Crippen LogP contribution in [0, 0.1) is 0 Å². The van der Waals surface area contributed by atoms with Gasteiger partial charge in [-0.3, -0.25) is 9.69 Å². The lowest BCUT2D eigenvalue weighted by molar-refractivity contribution is -0.122. The highest BCUT2D eigenvalue weighted by molar-refractivity contribution is 6.06. The first-order valence-electron chi connectivity index (χ1n) is 9.78. The highest BCUT2D eigenvalue weighted by Crippen LogP contribution is 2.38. The molecule has 7 nitrogen and oxygen atoms in total. The van der Waals surface area contributed by atoms with E-state index in [1.807, 2.05) is 36.4 Å². The Morgan fingerprint density at radius 1 is 0.931 bits per heavy atom. The van der Waals surface area contributed by atoms with Gasteiger partial charge in [-0.05, 0) is 31.0 Å². The van der Waals surface area contributed by atoms with Crippen molar-refractivity contribution < 1.29 is 19.0 Å². The lowest BCUT2D eigenvalue weighted by Crippen LogP contribution is -2.58. The molecule has 2 aromatic carbocycles. The van der Waals surface area contributed by atoms with E-state index in [1.54, 1.807) is 21.3 Å². The summed E-state index contributed by atoms with van der Waals surface area (Å²) in [4.78, 5) is 15.1. The van der Waals surface area contributed by atoms with Gasteiger partial charge in [-0.1, -0.05) is 12.1 Å². The van der Waals surface area contributed by atoms with Crippen molar-refractivity contribution in [3.63, 3.8) is 0 Å². The number of fused-ring (bicyclic) bond motifs is 1. The number of carbonyl (C=O) groups is 1. The monoisotopic (exact) mass is 397 g/mol. The van der Waals surface area contributed by atoms with Crippen molar-refractivity contribution in [2.75, 3.05) is 45.1 Å². The average molecular weight is 397 g/mol. The first-order valence-corrected chi connectivity index (χ1v) is 9.78. The number of para-hydroxylation sites is 2. The molecular formula is C22H27N3O4. The van der Waals surface area contributed by atoms with Gasteiger partial charge >= 0.3 is 0 Å². The number of carbonyl (C=O) groups excluding carboxylic acids is 1. The Morgan fingerprint density at radius 3 is 2.21 bits per heavy atom. The smallest absolute Gasteiger partial charge is 0.250 e. The maximum Gasteiger partial charge on any atom is 0.250 e. The summed E-state index contributed by atoms with van der Waals surface area (Å²) in [7, 11) is 4.90. The van der Waals surface area contributed by atoms with Gasteiger partial charge in [0.15, 0.2) is 11.5 Å². The largest absolute Gasteiger partial charge is 0.496 e. The predicted octanol–water partition coefficient (Wildman–Crippen LogP) is 3.11. The fourth-order valence-corrected chi connectivity index (χ4v) is 4.16. The molecule has 2 aliphatic rings. The number of likely N-dealkylation sites (tertiary alicyclic amines) is 1. The number of benzene rings is 2. The number of hydrogen-bond acceptors (Lipinski definition) is 6. The summed E-state index contributed by atoms with van der Waals surface area (Å²) in [6, 6.07) is 11.7. The van der Waals surface area contributed by atoms with E-state index in [0.717, 1.165) is 55.2 Å². The van der Waals surface area contributed by atoms with E-state index in [-0.39, 0.29) is 5.91 Å². The van der Waals surface area contributed by atoms with Crippen LogP contribution in [-0.2, 0) is 11.3 Å². The van der Waals surface area contributed by atoms with Crippen molar-refractivity contribution in [1.82, 2.24) is 4.90 Å². The zero-order valence-electron chi connectivity index (χ0n) is 17.1. The second-order valence-corrected chi connectivity index (χ2v) is 7.50. The molecule has 0 atom stereocenters. The third-order valence-corrected chi connectivity index (χ3v) is 5.87. The minimum absolute atomic E-state index is 0.0551. The lowest BCUT2D eigenvalue weighted by Gasteiger charge is -2.44. The van der Waals surface area contributed by atoms with Crippen LogP contribution >= 0.6 is 0 Å². The zero-order chi connectivity index (χ0) is 20.4. The van der Waals surface area contributed by atoms with Crippen molar-refractivity contribution in [2.45, 2.75) is 24.9 Å². The summed E-state index contributed by atoms with van der Waals surface area (Å²) in [6.07, 6.45) is 1.48. The predicted molar refractivity (Wildman–Crippen MR) is 112 cm³/mol. The molecule has 2 heterocycles. The van der Waals surface area contributed by atoms with Crippen LogP contribution in [0.4, 0.5) is 11.4 Å². The second-order valence-electron chi connectivity index (χ2n) is 7.50. The van der Waals surface area contributed by atoms with E-state index >= 15 is 0 Å². The molecule has 0 aromatic heterocycles. The van der Waals surface area contributed by atoms with Crippen LogP contribution in [-0.4, -0.2) is 50.8 Å². The minimum Gasteiger partial charge on any atom is -0.496 e. The molecular weight excluding hydrogens is 370 g/mol. The number of hydrogen-bond donors (Lipinski definition) is 2. The third kappa shape index (κ3) is 3.58. The summed E-state index contributed by atoms with van der Waals surface area (Å²) >= 11 is 0. The van der Waals surface area contributed by atoms with Gasteiger partial charge in [-0.2, -0.15) is 0 Å². The molecule has 7 heteroatoms. The van der Waals surface area contributed by atoms with E-state index in [1.165, 1.54) is 0 Å². The van der Waals surface area contributed by atoms with Crippen molar-refractivity contribution in [1.29, 1.82) is 0 Å². The first kappa shape index (κ1) is 19.4. The van der Waals surface area contributed by atoms with E-state index in [9.17, 15) is 4.79 Å². The molecule has 0 unspecified atom stereocenters. The molecule has 29 heavy (non-hydrogen) atoms. The minimum atomic E-state index is -0.549. The lowest BCUT2D eigenvalue weighted by atomic mass is 9.84. The van der Waals surface area contributed by atoms with Crippen molar-refractivity contribution >= 4 is 17.3 Å². The van der Waals surface area contributed by atoms with Crippen molar-refractivity contribution in [3.05, 3.63) is 42.0 Å². The van der Waals surface area contributed by atoms with Gasteiger partial charge < -0.3 is 24.8 Å². The Hall–Kier alpha value is -2.93. The van der Waals surface area contributed by atoms with Crippen LogP contribution < -0.4 is 24.8 Å². The van der Waals surface area contributed by atoms with E-state index in [4.69, 9.17) is 14.2 Å². The normalized spacial score (nSPS) is 17.8. The Morgan fingerprint density at radius 2 is 1.55 bits per heavy atom. The average Bonchev–Trinajstić information content (AvgIpc) is 2.75. The van der Waals surface area contributed by atoms with Crippen molar-refractivity contribution in [3.8, 4) is 17.2 Å². The number of nitrogens with zero attached hydrogens (tertiary/aromatic N) is 1. The van der Waals surface area contributed by atoms with Crippen molar-refractivity contribution in [2.24, 2.45) is 0 Å². The van der Waals surface area contributed by atoms with Gasteiger partial charge in [0.25, 0.3) is 0 Å². The van der Waals surface area contributed by atoms with Crippen LogP contribution in [0.3, 0.4) is 0 Å². The second kappa shape index (κ2) is 7.83. The molecule has 1 fully saturated rings. The Balaban J connectivity index is 1.48. The van der Waals surface area contributed by atoms with E-state index in [2.05, 4.69) is 15.5 Å². The standard InChI is InChI=1S/C22H27N3O4/c1-27-18-13-20(29-3)19(28-2)12-15(18)14-25-10-8-22(9-11-25)21(26)23-16-6-4-5-7-17(16)24-22/h4-7,12-13,24H,8-11,14H2,1-3H3,(H,23,26). The molecule has 2 aromatic rings. The van der Waals surface area contributed by atoms with Gasteiger partial charge in [-0.25, -0.2) is 0 Å². The number of anilines is 2. The molecule has 2 N–H and O–H groups in total. The summed E-state index contributed by atoms with van der Waals surface area (Å²) < 4.78 is 16.4. The van der Waals surface area contributed by atoms with Crippen LogP contribution in [0.1, 0.15) is 18.4 Å². The van der Waals surface area contributed by atoms with Crippen LogP contribution in [0.25, 0.3) is 0 Å². The Bertz CT molecular complexity index is 907. The van der Waals surface area contributed by atoms with Gasteiger partial charge in [0.2, 0.25) is 5.91 Å². The van der Waals surface area contributed by atoms with Crippen LogP contribution in [0.15, 0.2) is 36.4 Å². The maximum absolute atomic E-state index is 12.8. The highest BCUT2D eigenvalue weighted by atomic mass is 16.5. The van der Waals surface area contributed by atoms with Gasteiger partial charge in [0.05, 0.1) is 32.7 Å². The van der Waals surface area contributed by atoms with E-state index in [0.29, 0.717) is 11.5 Å². The quantitative estimate of drug-likeness (QED) is 0.808. The Kier molecular flexibility index (Phi) is 5.24. The van der Waals surface area contributed by atoms with Gasteiger partial charge in [0.1, 0.15) is 11.3 Å². The first-order chi connectivity index (χ1) is 14.1. The highest BCUT2D eigenvalue weighted by Gasteiger charge is 2.44. The maximum atomic E-state index is 12.8. The van der Waals surface area contributed by atoms with Crippen LogP contribution in [0.5, 0.6) is 17.2 Å². The van der Waals surface area contributed by atoms with Crippen LogP contribution in [0.2, 0.25) is 0 Å². The topological polar surface area (TPSA) is 72.1 Å². The number of piperidine rings is 1. The molecule has 154 valence electrons. The van der Waals surface area contributed by atoms with E-state index < -0.39 is 5.54 Å². The number of rotatable bonds is 5. The summed E-state index contributed by atoms with van der Waals surface area (Å²) in [5.41, 5.74) is 2.32. The summed E-state index contributed by atoms with van der Waals surface area (Å²) in [5, 5.41) is 6.56. The molecule has 1 amide bonds. The summed E-state index contributed by atoms with van der Waals surface area (Å²) in [6.45, 7) is 2.33. The molecule has 0 aliphatic carbocycles. The molecule has 1 spiro atoms. The molecule has 4 rings (SSSR count). The fourth-order valence-electron chi connectivity index (χ4n) is 4.16. The molecule has 0 bridgehead atoms. The summed E-state index contributed by atoms with van der Waals surface area (Å²) in [5.74, 6) is 2.15. The number of amides is 1. The molecule has 2 aliphatic heterocycles. The number of methoxy groups -OCH3 is 3. The molecule has 0 saturated carbocycles. The SMILES string of the molecule is COc1cc(OC)c(OC)cc1CN1CCC2(CC1)Nc1ccccc1NC2=O. The van der Waals surface area contributed by atoms with Gasteiger partial charge in [-0.15, -0.1) is 0 Å². The molecule has 1 saturated heterocycles. The number of ether oxygens (including phenoxy) is 3. The Labute approximate surface area is 170 Å².